The van der Waals surface area contributed by atoms with Gasteiger partial charge in [-0.05, 0) is 23.8 Å². The topological polar surface area (TPSA) is 93.8 Å². The minimum absolute atomic E-state index is 0.00566. The van der Waals surface area contributed by atoms with Gasteiger partial charge in [-0.25, -0.2) is 5.43 Å². The number of hydrogen-bond acceptors (Lipinski definition) is 5. The summed E-state index contributed by atoms with van der Waals surface area (Å²) in [6.45, 7) is -0.413. The molecule has 124 valence electrons. The Balaban J connectivity index is 1.89. The van der Waals surface area contributed by atoms with Crippen LogP contribution in [0.2, 0.25) is 10.0 Å². The number of nitrogens with zero attached hydrogens (tertiary/aromatic N) is 2. The number of carbonyl (C=O) groups excluding carboxylic acids is 1. The van der Waals surface area contributed by atoms with Crippen molar-refractivity contribution in [3.8, 4) is 5.75 Å². The van der Waals surface area contributed by atoms with Crippen molar-refractivity contribution in [2.75, 3.05) is 6.61 Å². The number of nitrogens with one attached hydrogen (secondary N) is 1. The molecule has 2 rings (SSSR count). The van der Waals surface area contributed by atoms with Crippen LogP contribution in [0.4, 0.5) is 5.69 Å². The van der Waals surface area contributed by atoms with Gasteiger partial charge in [0.25, 0.3) is 5.91 Å². The first-order chi connectivity index (χ1) is 11.5. The van der Waals surface area contributed by atoms with Gasteiger partial charge >= 0.3 is 5.69 Å². The average Bonchev–Trinajstić information content (AvgIpc) is 2.56. The number of nitro groups is 1. The van der Waals surface area contributed by atoms with Gasteiger partial charge in [0.05, 0.1) is 21.2 Å². The van der Waals surface area contributed by atoms with Crippen molar-refractivity contribution >= 4 is 41.0 Å². The third-order valence-corrected chi connectivity index (χ3v) is 3.51. The molecule has 2 aromatic carbocycles. The van der Waals surface area contributed by atoms with Crippen molar-refractivity contribution in [3.63, 3.8) is 0 Å². The molecule has 0 bridgehead atoms. The maximum Gasteiger partial charge on any atom is 0.310 e. The smallest absolute Gasteiger partial charge is 0.310 e. The molecule has 0 aliphatic rings. The lowest BCUT2D eigenvalue weighted by molar-refractivity contribution is -0.385. The second-order valence-corrected chi connectivity index (χ2v) is 5.29. The van der Waals surface area contributed by atoms with Gasteiger partial charge in [0.2, 0.25) is 0 Å². The maximum atomic E-state index is 11.6. The molecule has 9 heteroatoms. The van der Waals surface area contributed by atoms with Crippen LogP contribution in [0.25, 0.3) is 0 Å². The molecule has 0 saturated heterocycles. The van der Waals surface area contributed by atoms with Gasteiger partial charge in [-0.3, -0.25) is 14.9 Å². The number of para-hydroxylation sites is 2. The normalized spacial score (nSPS) is 10.6. The van der Waals surface area contributed by atoms with Crippen LogP contribution in [0.1, 0.15) is 5.56 Å². The van der Waals surface area contributed by atoms with E-state index >= 15 is 0 Å². The lowest BCUT2D eigenvalue weighted by Crippen LogP contribution is -2.24. The van der Waals surface area contributed by atoms with Crippen LogP contribution in [-0.2, 0) is 4.79 Å². The number of hydrogen-bond donors (Lipinski definition) is 1. The van der Waals surface area contributed by atoms with Gasteiger partial charge in [-0.1, -0.05) is 41.4 Å². The molecule has 0 aliphatic heterocycles. The fraction of sp³-hybridized carbons (Fsp3) is 0.0667. The number of halogens is 2. The Morgan fingerprint density at radius 2 is 2.00 bits per heavy atom. The fourth-order valence-electron chi connectivity index (χ4n) is 1.68. The van der Waals surface area contributed by atoms with E-state index in [4.69, 9.17) is 27.9 Å². The molecule has 0 saturated carbocycles. The summed E-state index contributed by atoms with van der Waals surface area (Å²) in [6.07, 6.45) is 1.38. The van der Waals surface area contributed by atoms with Crippen LogP contribution in [0, 0.1) is 10.1 Å². The number of ether oxygens (including phenoxy) is 1. The van der Waals surface area contributed by atoms with Crippen molar-refractivity contribution in [2.45, 2.75) is 0 Å². The molecule has 0 spiro atoms. The number of rotatable bonds is 6. The molecule has 0 heterocycles. The second kappa shape index (κ2) is 8.28. The molecule has 0 aromatic heterocycles. The zero-order chi connectivity index (χ0) is 17.5. The first kappa shape index (κ1) is 17.7. The summed E-state index contributed by atoms with van der Waals surface area (Å²) in [5.74, 6) is -0.560. The molecule has 0 unspecified atom stereocenters. The third kappa shape index (κ3) is 4.94. The quantitative estimate of drug-likeness (QED) is 0.480. The highest BCUT2D eigenvalue weighted by atomic mass is 35.5. The summed E-state index contributed by atoms with van der Waals surface area (Å²) in [5, 5.41) is 15.4. The Morgan fingerprint density at radius 3 is 2.71 bits per heavy atom. The van der Waals surface area contributed by atoms with Crippen LogP contribution >= 0.6 is 23.2 Å². The van der Waals surface area contributed by atoms with Crippen molar-refractivity contribution in [3.05, 3.63) is 68.2 Å². The minimum Gasteiger partial charge on any atom is -0.477 e. The molecule has 1 N–H and O–H groups in total. The SMILES string of the molecule is O=C(COc1ccccc1[N+](=O)[O-])N/N=C\c1ccc(Cl)c(Cl)c1. The van der Waals surface area contributed by atoms with E-state index in [0.29, 0.717) is 15.6 Å². The van der Waals surface area contributed by atoms with Gasteiger partial charge in [0, 0.05) is 6.07 Å². The first-order valence-electron chi connectivity index (χ1n) is 6.60. The monoisotopic (exact) mass is 367 g/mol. The Morgan fingerprint density at radius 1 is 1.25 bits per heavy atom. The summed E-state index contributed by atoms with van der Waals surface area (Å²) in [6, 6.07) is 10.6. The molecule has 1 amide bonds. The van der Waals surface area contributed by atoms with E-state index in [2.05, 4.69) is 10.5 Å². The zero-order valence-electron chi connectivity index (χ0n) is 12.1. The zero-order valence-corrected chi connectivity index (χ0v) is 13.6. The average molecular weight is 368 g/mol. The van der Waals surface area contributed by atoms with E-state index in [0.717, 1.165) is 0 Å². The van der Waals surface area contributed by atoms with Crippen LogP contribution in [0.3, 0.4) is 0 Å². The van der Waals surface area contributed by atoms with Gasteiger partial charge < -0.3 is 4.74 Å². The summed E-state index contributed by atoms with van der Waals surface area (Å²) in [4.78, 5) is 21.9. The van der Waals surface area contributed by atoms with Gasteiger partial charge in [-0.2, -0.15) is 5.10 Å². The van der Waals surface area contributed by atoms with E-state index in [-0.39, 0.29) is 11.4 Å². The molecule has 0 aliphatic carbocycles. The van der Waals surface area contributed by atoms with Crippen LogP contribution < -0.4 is 10.2 Å². The van der Waals surface area contributed by atoms with E-state index in [1.807, 2.05) is 0 Å². The summed E-state index contributed by atoms with van der Waals surface area (Å²) >= 11 is 11.6. The van der Waals surface area contributed by atoms with Gasteiger partial charge in [-0.15, -0.1) is 0 Å². The largest absolute Gasteiger partial charge is 0.477 e. The Bertz CT molecular complexity index is 796. The van der Waals surface area contributed by atoms with Crippen molar-refractivity contribution in [1.29, 1.82) is 0 Å². The highest BCUT2D eigenvalue weighted by Gasteiger charge is 2.14. The lowest BCUT2D eigenvalue weighted by Gasteiger charge is -2.05. The predicted octanol–water partition coefficient (Wildman–Crippen LogP) is 3.43. The maximum absolute atomic E-state index is 11.6. The Hall–Kier alpha value is -2.64. The molecule has 0 radical (unpaired) electrons. The minimum atomic E-state index is -0.588. The molecule has 0 fully saturated rings. The van der Waals surface area contributed by atoms with Crippen molar-refractivity contribution in [1.82, 2.24) is 5.43 Å². The fourth-order valence-corrected chi connectivity index (χ4v) is 1.98. The first-order valence-corrected chi connectivity index (χ1v) is 7.36. The molecule has 0 atom stereocenters. The van der Waals surface area contributed by atoms with E-state index in [1.54, 1.807) is 24.3 Å². The molecular weight excluding hydrogens is 357 g/mol. The summed E-state index contributed by atoms with van der Waals surface area (Å²) < 4.78 is 5.13. The Labute approximate surface area is 147 Å². The van der Waals surface area contributed by atoms with E-state index in [9.17, 15) is 14.9 Å². The number of benzene rings is 2. The molecule has 24 heavy (non-hydrogen) atoms. The molecule has 7 nitrogen and oxygen atoms in total. The third-order valence-electron chi connectivity index (χ3n) is 2.77. The second-order valence-electron chi connectivity index (χ2n) is 4.48. The van der Waals surface area contributed by atoms with Gasteiger partial charge in [0.1, 0.15) is 0 Å². The summed E-state index contributed by atoms with van der Waals surface area (Å²) in [5.41, 5.74) is 2.67. The Kier molecular flexibility index (Phi) is 6.11. The molecular formula is C15H11Cl2N3O4. The summed E-state index contributed by atoms with van der Waals surface area (Å²) in [7, 11) is 0. The van der Waals surface area contributed by atoms with E-state index < -0.39 is 17.4 Å². The van der Waals surface area contributed by atoms with Crippen LogP contribution in [-0.4, -0.2) is 23.7 Å². The van der Waals surface area contributed by atoms with E-state index in [1.165, 1.54) is 24.4 Å². The number of nitro benzene ring substituents is 1. The van der Waals surface area contributed by atoms with Crippen LogP contribution in [0.5, 0.6) is 5.75 Å². The van der Waals surface area contributed by atoms with Crippen molar-refractivity contribution < 1.29 is 14.5 Å². The highest BCUT2D eigenvalue weighted by molar-refractivity contribution is 6.42. The lowest BCUT2D eigenvalue weighted by atomic mass is 10.2. The number of amides is 1. The van der Waals surface area contributed by atoms with Gasteiger partial charge in [0.15, 0.2) is 12.4 Å². The van der Waals surface area contributed by atoms with Crippen LogP contribution in [0.15, 0.2) is 47.6 Å². The van der Waals surface area contributed by atoms with Crippen molar-refractivity contribution in [2.24, 2.45) is 5.10 Å². The standard InChI is InChI=1S/C15H11Cl2N3O4/c16-11-6-5-10(7-12(11)17)8-18-19-15(21)9-24-14-4-2-1-3-13(14)20(22)23/h1-8H,9H2,(H,19,21)/b18-8-. The number of hydrazone groups is 1. The number of carbonyl (C=O) groups is 1. The highest BCUT2D eigenvalue weighted by Crippen LogP contribution is 2.25. The molecule has 2 aromatic rings. The predicted molar refractivity (Wildman–Crippen MR) is 90.8 cm³/mol.